The molecule has 1 aliphatic rings. The second-order valence-electron chi connectivity index (χ2n) is 5.72. The highest BCUT2D eigenvalue weighted by molar-refractivity contribution is 5.37. The zero-order valence-electron chi connectivity index (χ0n) is 12.2. The fraction of sp³-hybridized carbons (Fsp3) is 0.294. The first-order chi connectivity index (χ1) is 10.6. The van der Waals surface area contributed by atoms with Gasteiger partial charge >= 0.3 is 0 Å². The van der Waals surface area contributed by atoms with E-state index in [1.165, 1.54) is 11.6 Å². The Bertz CT molecular complexity index is 702. The number of rotatable bonds is 5. The van der Waals surface area contributed by atoms with E-state index in [2.05, 4.69) is 5.32 Å². The van der Waals surface area contributed by atoms with Crippen LogP contribution in [0.15, 0.2) is 48.5 Å². The number of fused-ring (bicyclic) bond motifs is 1. The van der Waals surface area contributed by atoms with Gasteiger partial charge in [-0.2, -0.15) is 0 Å². The number of hydrogen-bond acceptors (Lipinski definition) is 4. The van der Waals surface area contributed by atoms with Gasteiger partial charge in [0.1, 0.15) is 5.60 Å². The van der Waals surface area contributed by atoms with Gasteiger partial charge in [-0.1, -0.05) is 36.4 Å². The summed E-state index contributed by atoms with van der Waals surface area (Å²) < 4.78 is 0. The van der Waals surface area contributed by atoms with Crippen molar-refractivity contribution < 1.29 is 10.0 Å². The lowest BCUT2D eigenvalue weighted by Crippen LogP contribution is -2.35. The lowest BCUT2D eigenvalue weighted by atomic mass is 9.96. The first kappa shape index (κ1) is 14.7. The number of nitrogens with zero attached hydrogens (tertiary/aromatic N) is 1. The Morgan fingerprint density at radius 2 is 2.05 bits per heavy atom. The number of nitrogens with one attached hydrogen (secondary N) is 1. The zero-order valence-corrected chi connectivity index (χ0v) is 12.2. The van der Waals surface area contributed by atoms with Gasteiger partial charge in [-0.05, 0) is 29.5 Å². The van der Waals surface area contributed by atoms with Gasteiger partial charge in [0.05, 0.1) is 4.92 Å². The molecule has 0 fully saturated rings. The van der Waals surface area contributed by atoms with Crippen LogP contribution in [0.5, 0.6) is 0 Å². The topological polar surface area (TPSA) is 75.4 Å². The van der Waals surface area contributed by atoms with Crippen molar-refractivity contribution in [3.05, 3.63) is 75.3 Å². The van der Waals surface area contributed by atoms with Crippen LogP contribution >= 0.6 is 0 Å². The fourth-order valence-corrected chi connectivity index (χ4v) is 3.05. The quantitative estimate of drug-likeness (QED) is 0.657. The van der Waals surface area contributed by atoms with E-state index >= 15 is 0 Å². The van der Waals surface area contributed by atoms with Gasteiger partial charge < -0.3 is 10.4 Å². The van der Waals surface area contributed by atoms with Crippen LogP contribution < -0.4 is 5.32 Å². The van der Waals surface area contributed by atoms with Gasteiger partial charge in [0.25, 0.3) is 5.69 Å². The second-order valence-corrected chi connectivity index (χ2v) is 5.72. The number of benzene rings is 2. The molecule has 0 aromatic heterocycles. The molecule has 0 saturated heterocycles. The summed E-state index contributed by atoms with van der Waals surface area (Å²) in [5.41, 5.74) is 2.26. The van der Waals surface area contributed by atoms with E-state index < -0.39 is 10.5 Å². The van der Waals surface area contributed by atoms with Crippen LogP contribution in [0.25, 0.3) is 0 Å². The van der Waals surface area contributed by atoms with Crippen LogP contribution in [0.4, 0.5) is 5.69 Å². The van der Waals surface area contributed by atoms with Crippen molar-refractivity contribution in [3.8, 4) is 0 Å². The number of aliphatic hydroxyl groups is 1. The number of nitro benzene ring substituents is 1. The first-order valence-electron chi connectivity index (χ1n) is 7.33. The highest BCUT2D eigenvalue weighted by Gasteiger charge is 2.35. The lowest BCUT2D eigenvalue weighted by Gasteiger charge is -2.24. The predicted octanol–water partition coefficient (Wildman–Crippen LogP) is 2.52. The van der Waals surface area contributed by atoms with E-state index in [-0.39, 0.29) is 5.69 Å². The van der Waals surface area contributed by atoms with Crippen molar-refractivity contribution in [3.63, 3.8) is 0 Å². The molecule has 1 atom stereocenters. The van der Waals surface area contributed by atoms with Gasteiger partial charge in [-0.15, -0.1) is 0 Å². The normalized spacial score (nSPS) is 19.9. The van der Waals surface area contributed by atoms with Gasteiger partial charge in [0.2, 0.25) is 0 Å². The van der Waals surface area contributed by atoms with E-state index in [9.17, 15) is 15.2 Å². The summed E-state index contributed by atoms with van der Waals surface area (Å²) in [6.07, 6.45) is 1.58. The zero-order chi connectivity index (χ0) is 15.6. The Morgan fingerprint density at radius 1 is 1.23 bits per heavy atom. The molecule has 1 unspecified atom stereocenters. The summed E-state index contributed by atoms with van der Waals surface area (Å²) in [6.45, 7) is 0.929. The molecular weight excluding hydrogens is 280 g/mol. The maximum absolute atomic E-state index is 10.8. The molecule has 5 heteroatoms. The van der Waals surface area contributed by atoms with Crippen LogP contribution in [0.3, 0.4) is 0 Å². The molecule has 0 bridgehead atoms. The van der Waals surface area contributed by atoms with E-state index in [0.29, 0.717) is 19.5 Å². The van der Waals surface area contributed by atoms with Gasteiger partial charge in [0.15, 0.2) is 0 Å². The van der Waals surface area contributed by atoms with Crippen LogP contribution in [-0.2, 0) is 18.6 Å². The van der Waals surface area contributed by atoms with Crippen molar-refractivity contribution >= 4 is 5.69 Å². The maximum Gasteiger partial charge on any atom is 0.269 e. The molecule has 2 N–H and O–H groups in total. The standard InChI is InChI=1S/C17H18N2O3/c20-17(9-8-14-5-1-2-7-16(14)17)12-18-11-13-4-3-6-15(10-13)19(21)22/h1-7,10,18,20H,8-9,11-12H2. The Labute approximate surface area is 128 Å². The van der Waals surface area contributed by atoms with Crippen molar-refractivity contribution in [1.29, 1.82) is 0 Å². The van der Waals surface area contributed by atoms with Crippen LogP contribution in [0.1, 0.15) is 23.1 Å². The second kappa shape index (κ2) is 5.87. The van der Waals surface area contributed by atoms with Crippen LogP contribution in [0.2, 0.25) is 0 Å². The molecule has 2 aromatic carbocycles. The van der Waals surface area contributed by atoms with E-state index in [1.54, 1.807) is 12.1 Å². The molecule has 5 nitrogen and oxygen atoms in total. The Balaban J connectivity index is 1.64. The number of aryl methyl sites for hydroxylation is 1. The number of nitro groups is 1. The lowest BCUT2D eigenvalue weighted by molar-refractivity contribution is -0.384. The predicted molar refractivity (Wildman–Crippen MR) is 83.5 cm³/mol. The average Bonchev–Trinajstić information content (AvgIpc) is 2.86. The maximum atomic E-state index is 10.8. The molecule has 1 aliphatic carbocycles. The molecule has 3 rings (SSSR count). The van der Waals surface area contributed by atoms with Crippen LogP contribution in [0, 0.1) is 10.1 Å². The minimum absolute atomic E-state index is 0.0872. The Morgan fingerprint density at radius 3 is 2.86 bits per heavy atom. The molecule has 0 aliphatic heterocycles. The third kappa shape index (κ3) is 2.86. The SMILES string of the molecule is O=[N+]([O-])c1cccc(CNCC2(O)CCc3ccccc32)c1. The highest BCUT2D eigenvalue weighted by Crippen LogP contribution is 2.36. The summed E-state index contributed by atoms with van der Waals surface area (Å²) >= 11 is 0. The number of non-ortho nitro benzene ring substituents is 1. The summed E-state index contributed by atoms with van der Waals surface area (Å²) in [5, 5.41) is 24.8. The van der Waals surface area contributed by atoms with E-state index in [1.807, 2.05) is 30.3 Å². The fourth-order valence-electron chi connectivity index (χ4n) is 3.05. The minimum atomic E-state index is -0.850. The minimum Gasteiger partial charge on any atom is -0.384 e. The van der Waals surface area contributed by atoms with Crippen LogP contribution in [-0.4, -0.2) is 16.6 Å². The largest absolute Gasteiger partial charge is 0.384 e. The van der Waals surface area contributed by atoms with Gasteiger partial charge in [-0.3, -0.25) is 10.1 Å². The average molecular weight is 298 g/mol. The monoisotopic (exact) mass is 298 g/mol. The molecule has 22 heavy (non-hydrogen) atoms. The first-order valence-corrected chi connectivity index (χ1v) is 7.33. The molecule has 2 aromatic rings. The highest BCUT2D eigenvalue weighted by atomic mass is 16.6. The summed E-state index contributed by atoms with van der Waals surface area (Å²) in [6, 6.07) is 14.5. The van der Waals surface area contributed by atoms with Crippen molar-refractivity contribution in [1.82, 2.24) is 5.32 Å². The van der Waals surface area contributed by atoms with Gasteiger partial charge in [0, 0.05) is 25.2 Å². The van der Waals surface area contributed by atoms with Crippen molar-refractivity contribution in [2.75, 3.05) is 6.54 Å². The molecule has 0 amide bonds. The molecule has 114 valence electrons. The Hall–Kier alpha value is -2.24. The molecule has 0 heterocycles. The van der Waals surface area contributed by atoms with Gasteiger partial charge in [-0.25, -0.2) is 0 Å². The molecule has 0 spiro atoms. The van der Waals surface area contributed by atoms with Crippen molar-refractivity contribution in [2.45, 2.75) is 25.0 Å². The molecule has 0 saturated carbocycles. The smallest absolute Gasteiger partial charge is 0.269 e. The van der Waals surface area contributed by atoms with E-state index in [0.717, 1.165) is 17.5 Å². The molecular formula is C17H18N2O3. The third-order valence-electron chi connectivity index (χ3n) is 4.19. The summed E-state index contributed by atoms with van der Waals surface area (Å²) in [4.78, 5) is 10.4. The molecule has 0 radical (unpaired) electrons. The summed E-state index contributed by atoms with van der Waals surface area (Å²) in [5.74, 6) is 0. The summed E-state index contributed by atoms with van der Waals surface area (Å²) in [7, 11) is 0. The van der Waals surface area contributed by atoms with E-state index in [4.69, 9.17) is 0 Å². The Kier molecular flexibility index (Phi) is 3.92. The van der Waals surface area contributed by atoms with Crippen molar-refractivity contribution in [2.24, 2.45) is 0 Å². The third-order valence-corrected chi connectivity index (χ3v) is 4.19. The number of hydrogen-bond donors (Lipinski definition) is 2.